The predicted molar refractivity (Wildman–Crippen MR) is 80.6 cm³/mol. The smallest absolute Gasteiger partial charge is 0.319 e. The van der Waals surface area contributed by atoms with Gasteiger partial charge in [0.2, 0.25) is 5.91 Å². The van der Waals surface area contributed by atoms with Gasteiger partial charge in [0.15, 0.2) is 0 Å². The van der Waals surface area contributed by atoms with Gasteiger partial charge >= 0.3 is 5.97 Å². The summed E-state index contributed by atoms with van der Waals surface area (Å²) in [6, 6.07) is 0.211. The summed E-state index contributed by atoms with van der Waals surface area (Å²) in [6.45, 7) is 8.24. The number of aliphatic hydroxyl groups is 1. The Morgan fingerprint density at radius 3 is 2.33 bits per heavy atom. The van der Waals surface area contributed by atoms with Gasteiger partial charge in [0.25, 0.3) is 0 Å². The van der Waals surface area contributed by atoms with Crippen LogP contribution in [0.3, 0.4) is 0 Å². The Bertz CT molecular complexity index is 358. The molecule has 1 saturated carbocycles. The van der Waals surface area contributed by atoms with E-state index in [1.165, 1.54) is 0 Å². The molecule has 0 aromatic rings. The summed E-state index contributed by atoms with van der Waals surface area (Å²) < 4.78 is 5.10. The Labute approximate surface area is 127 Å². The molecule has 0 aliphatic heterocycles. The van der Waals surface area contributed by atoms with Crippen LogP contribution in [0.1, 0.15) is 53.4 Å². The fraction of sp³-hybridized carbons (Fsp3) is 0.875. The standard InChI is InChI=1S/C16H29NO4/c1-5-21-15(20)13(16(2,3)4)14(19)17(10-7-11-18)12-8-6-9-12/h12-13,18H,5-11H2,1-4H3. The second kappa shape index (κ2) is 7.78. The van der Waals surface area contributed by atoms with Crippen molar-refractivity contribution in [3.8, 4) is 0 Å². The molecular formula is C16H29NO4. The van der Waals surface area contributed by atoms with Gasteiger partial charge in [-0.25, -0.2) is 0 Å². The monoisotopic (exact) mass is 299 g/mol. The van der Waals surface area contributed by atoms with Crippen molar-refractivity contribution < 1.29 is 19.4 Å². The SMILES string of the molecule is CCOC(=O)C(C(=O)N(CCCO)C1CCC1)C(C)(C)C. The highest BCUT2D eigenvalue weighted by molar-refractivity contribution is 5.98. The molecule has 1 atom stereocenters. The Balaban J connectivity index is 2.91. The van der Waals surface area contributed by atoms with E-state index in [1.807, 2.05) is 20.8 Å². The molecule has 1 rings (SSSR count). The Morgan fingerprint density at radius 1 is 1.33 bits per heavy atom. The zero-order valence-corrected chi connectivity index (χ0v) is 13.7. The van der Waals surface area contributed by atoms with Crippen LogP contribution in [0.15, 0.2) is 0 Å². The normalized spacial score (nSPS) is 17.0. The summed E-state index contributed by atoms with van der Waals surface area (Å²) in [7, 11) is 0. The molecule has 0 aromatic carbocycles. The molecule has 1 unspecified atom stereocenters. The number of aliphatic hydroxyl groups excluding tert-OH is 1. The maximum absolute atomic E-state index is 12.9. The highest BCUT2D eigenvalue weighted by Gasteiger charge is 2.43. The van der Waals surface area contributed by atoms with Crippen LogP contribution in [0, 0.1) is 11.3 Å². The lowest BCUT2D eigenvalue weighted by Gasteiger charge is -2.41. The number of rotatable bonds is 7. The molecular weight excluding hydrogens is 270 g/mol. The van der Waals surface area contributed by atoms with Gasteiger partial charge in [0.05, 0.1) is 6.61 Å². The summed E-state index contributed by atoms with van der Waals surface area (Å²) in [5.74, 6) is -1.38. The lowest BCUT2D eigenvalue weighted by Crippen LogP contribution is -2.52. The van der Waals surface area contributed by atoms with Crippen molar-refractivity contribution in [1.29, 1.82) is 0 Å². The first-order valence-corrected chi connectivity index (χ1v) is 7.90. The van der Waals surface area contributed by atoms with Crippen LogP contribution in [-0.2, 0) is 14.3 Å². The first kappa shape index (κ1) is 18.0. The summed E-state index contributed by atoms with van der Waals surface area (Å²) in [6.07, 6.45) is 3.63. The zero-order valence-electron chi connectivity index (χ0n) is 13.7. The molecule has 122 valence electrons. The molecule has 21 heavy (non-hydrogen) atoms. The van der Waals surface area contributed by atoms with Crippen molar-refractivity contribution in [3.05, 3.63) is 0 Å². The van der Waals surface area contributed by atoms with Gasteiger partial charge in [-0.2, -0.15) is 0 Å². The van der Waals surface area contributed by atoms with Gasteiger partial charge in [-0.3, -0.25) is 9.59 Å². The van der Waals surface area contributed by atoms with E-state index in [9.17, 15) is 9.59 Å². The molecule has 1 aliphatic carbocycles. The van der Waals surface area contributed by atoms with Crippen molar-refractivity contribution >= 4 is 11.9 Å². The van der Waals surface area contributed by atoms with Crippen molar-refractivity contribution in [1.82, 2.24) is 4.90 Å². The summed E-state index contributed by atoms with van der Waals surface area (Å²) in [5.41, 5.74) is -0.482. The number of nitrogens with zero attached hydrogens (tertiary/aromatic N) is 1. The molecule has 5 heteroatoms. The molecule has 5 nitrogen and oxygen atoms in total. The van der Waals surface area contributed by atoms with Gasteiger partial charge in [-0.05, 0) is 38.0 Å². The van der Waals surface area contributed by atoms with E-state index in [0.29, 0.717) is 13.0 Å². The largest absolute Gasteiger partial charge is 0.465 e. The van der Waals surface area contributed by atoms with Crippen LogP contribution in [0.5, 0.6) is 0 Å². The first-order valence-electron chi connectivity index (χ1n) is 7.90. The number of amides is 1. The summed E-state index contributed by atoms with van der Waals surface area (Å²) in [5, 5.41) is 9.03. The van der Waals surface area contributed by atoms with Crippen LogP contribution >= 0.6 is 0 Å². The highest BCUT2D eigenvalue weighted by atomic mass is 16.5. The lowest BCUT2D eigenvalue weighted by molar-refractivity contribution is -0.162. The van der Waals surface area contributed by atoms with Crippen LogP contribution < -0.4 is 0 Å². The lowest BCUT2D eigenvalue weighted by atomic mass is 9.78. The van der Waals surface area contributed by atoms with Gasteiger partial charge in [0.1, 0.15) is 5.92 Å². The average Bonchev–Trinajstić information content (AvgIpc) is 2.30. The van der Waals surface area contributed by atoms with E-state index >= 15 is 0 Å². The number of ether oxygens (including phenoxy) is 1. The highest BCUT2D eigenvalue weighted by Crippen LogP contribution is 2.33. The minimum absolute atomic E-state index is 0.0517. The third-order valence-electron chi connectivity index (χ3n) is 3.99. The molecule has 0 spiro atoms. The van der Waals surface area contributed by atoms with Crippen molar-refractivity contribution in [2.45, 2.75) is 59.4 Å². The van der Waals surface area contributed by atoms with Gasteiger partial charge in [-0.1, -0.05) is 20.8 Å². The van der Waals surface area contributed by atoms with Gasteiger partial charge in [-0.15, -0.1) is 0 Å². The second-order valence-electron chi connectivity index (χ2n) is 6.74. The topological polar surface area (TPSA) is 66.8 Å². The van der Waals surface area contributed by atoms with Crippen LogP contribution in [0.25, 0.3) is 0 Å². The van der Waals surface area contributed by atoms with Crippen molar-refractivity contribution in [2.75, 3.05) is 19.8 Å². The fourth-order valence-corrected chi connectivity index (χ4v) is 2.63. The van der Waals surface area contributed by atoms with Crippen molar-refractivity contribution in [2.24, 2.45) is 11.3 Å². The average molecular weight is 299 g/mol. The molecule has 0 saturated heterocycles. The third kappa shape index (κ3) is 4.70. The molecule has 0 heterocycles. The number of carbonyl (C=O) groups is 2. The van der Waals surface area contributed by atoms with E-state index in [2.05, 4.69) is 0 Å². The van der Waals surface area contributed by atoms with E-state index in [-0.39, 0.29) is 25.2 Å². The molecule has 0 radical (unpaired) electrons. The number of hydrogen-bond acceptors (Lipinski definition) is 4. The molecule has 0 aromatic heterocycles. The fourth-order valence-electron chi connectivity index (χ4n) is 2.63. The molecule has 1 amide bonds. The molecule has 1 N–H and O–H groups in total. The molecule has 1 aliphatic rings. The quantitative estimate of drug-likeness (QED) is 0.576. The van der Waals surface area contributed by atoms with Crippen molar-refractivity contribution in [3.63, 3.8) is 0 Å². The molecule has 0 bridgehead atoms. The van der Waals surface area contributed by atoms with Gasteiger partial charge in [0, 0.05) is 19.2 Å². The summed E-state index contributed by atoms with van der Waals surface area (Å²) in [4.78, 5) is 26.9. The number of carbonyl (C=O) groups excluding carboxylic acids is 2. The predicted octanol–water partition coefficient (Wildman–Crippen LogP) is 1.98. The maximum Gasteiger partial charge on any atom is 0.319 e. The second-order valence-corrected chi connectivity index (χ2v) is 6.74. The number of esters is 1. The van der Waals surface area contributed by atoms with Crippen LogP contribution in [0.2, 0.25) is 0 Å². The van der Waals surface area contributed by atoms with E-state index in [1.54, 1.807) is 11.8 Å². The van der Waals surface area contributed by atoms with E-state index < -0.39 is 17.3 Å². The molecule has 1 fully saturated rings. The maximum atomic E-state index is 12.9. The van der Waals surface area contributed by atoms with Crippen LogP contribution in [-0.4, -0.2) is 47.7 Å². The van der Waals surface area contributed by atoms with E-state index in [4.69, 9.17) is 9.84 Å². The minimum Gasteiger partial charge on any atom is -0.465 e. The Hall–Kier alpha value is -1.10. The minimum atomic E-state index is -0.781. The Morgan fingerprint density at radius 2 is 1.95 bits per heavy atom. The zero-order chi connectivity index (χ0) is 16.0. The summed E-state index contributed by atoms with van der Waals surface area (Å²) >= 11 is 0. The Kier molecular flexibility index (Phi) is 6.65. The first-order chi connectivity index (χ1) is 9.82. The number of hydrogen-bond donors (Lipinski definition) is 1. The third-order valence-corrected chi connectivity index (χ3v) is 3.99. The van der Waals surface area contributed by atoms with Gasteiger partial charge < -0.3 is 14.7 Å². The van der Waals surface area contributed by atoms with E-state index in [0.717, 1.165) is 19.3 Å². The van der Waals surface area contributed by atoms with Crippen LogP contribution in [0.4, 0.5) is 0 Å².